The van der Waals surface area contributed by atoms with E-state index in [-0.39, 0.29) is 10.8 Å². The Bertz CT molecular complexity index is 1430. The average molecular weight is 433 g/mol. The summed E-state index contributed by atoms with van der Waals surface area (Å²) in [7, 11) is 0. The third-order valence-corrected chi connectivity index (χ3v) is 6.80. The first-order chi connectivity index (χ1) is 15.7. The van der Waals surface area contributed by atoms with Crippen LogP contribution in [0.15, 0.2) is 95.4 Å². The fourth-order valence-corrected chi connectivity index (χ4v) is 4.76. The van der Waals surface area contributed by atoms with Gasteiger partial charge < -0.3 is 4.42 Å². The molecule has 0 spiro atoms. The van der Waals surface area contributed by atoms with Crippen LogP contribution in [-0.2, 0) is 17.3 Å². The molecule has 4 aromatic carbocycles. The standard InChI is InChI=1S/C32H32O/c1-31(2,3)25-15-17-28-27-16-14-22(18-29(27)33-30(28)20-25)21-32(4,5)26-13-9-12-24(19-26)23-10-7-6-8-11-23/h6-20H,21H2,1-5H3. The van der Waals surface area contributed by atoms with Crippen molar-refractivity contribution in [3.8, 4) is 11.1 Å². The molecule has 0 saturated heterocycles. The minimum atomic E-state index is 0.00386. The third kappa shape index (κ3) is 4.20. The zero-order valence-electron chi connectivity index (χ0n) is 20.3. The second kappa shape index (κ2) is 7.92. The molecule has 5 rings (SSSR count). The molecule has 0 unspecified atom stereocenters. The van der Waals surface area contributed by atoms with Crippen LogP contribution in [0.5, 0.6) is 0 Å². The predicted molar refractivity (Wildman–Crippen MR) is 141 cm³/mol. The number of hydrogen-bond acceptors (Lipinski definition) is 1. The molecule has 5 aromatic rings. The SMILES string of the molecule is CC(C)(C)c1ccc2c(c1)oc1cc(CC(C)(C)c3cccc(-c4ccccc4)c3)ccc12. The van der Waals surface area contributed by atoms with Crippen LogP contribution in [0.25, 0.3) is 33.1 Å². The Morgan fingerprint density at radius 2 is 1.24 bits per heavy atom. The fraction of sp³-hybridized carbons (Fsp3) is 0.250. The molecule has 166 valence electrons. The van der Waals surface area contributed by atoms with Crippen molar-refractivity contribution in [1.29, 1.82) is 0 Å². The summed E-state index contributed by atoms with van der Waals surface area (Å²) in [4.78, 5) is 0. The maximum atomic E-state index is 6.33. The summed E-state index contributed by atoms with van der Waals surface area (Å²) in [6, 6.07) is 32.9. The highest BCUT2D eigenvalue weighted by atomic mass is 16.3. The maximum Gasteiger partial charge on any atom is 0.135 e. The number of benzene rings is 4. The van der Waals surface area contributed by atoms with Gasteiger partial charge in [0.1, 0.15) is 11.2 Å². The van der Waals surface area contributed by atoms with Gasteiger partial charge in [-0.2, -0.15) is 0 Å². The Morgan fingerprint density at radius 3 is 1.97 bits per heavy atom. The Balaban J connectivity index is 1.47. The molecular formula is C32H32O. The van der Waals surface area contributed by atoms with E-state index in [0.29, 0.717) is 0 Å². The minimum Gasteiger partial charge on any atom is -0.456 e. The van der Waals surface area contributed by atoms with Crippen molar-refractivity contribution in [3.05, 3.63) is 108 Å². The van der Waals surface area contributed by atoms with E-state index < -0.39 is 0 Å². The average Bonchev–Trinajstić information content (AvgIpc) is 3.16. The summed E-state index contributed by atoms with van der Waals surface area (Å²) in [5.74, 6) is 0. The van der Waals surface area contributed by atoms with Crippen molar-refractivity contribution >= 4 is 21.9 Å². The molecule has 0 N–H and O–H groups in total. The molecule has 0 saturated carbocycles. The summed E-state index contributed by atoms with van der Waals surface area (Å²) < 4.78 is 6.33. The van der Waals surface area contributed by atoms with Gasteiger partial charge in [-0.15, -0.1) is 0 Å². The summed E-state index contributed by atoms with van der Waals surface area (Å²) in [5, 5.41) is 2.39. The Hall–Kier alpha value is -3.32. The van der Waals surface area contributed by atoms with Crippen LogP contribution in [0.4, 0.5) is 0 Å². The predicted octanol–water partition coefficient (Wildman–Crippen LogP) is 9.07. The molecule has 1 heterocycles. The van der Waals surface area contributed by atoms with E-state index in [1.165, 1.54) is 38.6 Å². The van der Waals surface area contributed by atoms with Gasteiger partial charge in [0.05, 0.1) is 0 Å². The van der Waals surface area contributed by atoms with Crippen molar-refractivity contribution < 1.29 is 4.42 Å². The molecule has 1 heteroatoms. The molecule has 0 aliphatic rings. The lowest BCUT2D eigenvalue weighted by Gasteiger charge is -2.26. The van der Waals surface area contributed by atoms with Crippen LogP contribution in [-0.4, -0.2) is 0 Å². The van der Waals surface area contributed by atoms with Gasteiger partial charge in [-0.05, 0) is 57.2 Å². The monoisotopic (exact) mass is 432 g/mol. The number of rotatable bonds is 4. The van der Waals surface area contributed by atoms with Gasteiger partial charge in [0.25, 0.3) is 0 Å². The molecular weight excluding hydrogens is 400 g/mol. The number of fused-ring (bicyclic) bond motifs is 3. The quantitative estimate of drug-likeness (QED) is 0.276. The first-order valence-corrected chi connectivity index (χ1v) is 11.8. The molecule has 0 fully saturated rings. The van der Waals surface area contributed by atoms with Crippen LogP contribution in [0, 0.1) is 0 Å². The summed E-state index contributed by atoms with van der Waals surface area (Å²) in [6.45, 7) is 11.4. The third-order valence-electron chi connectivity index (χ3n) is 6.80. The zero-order valence-corrected chi connectivity index (χ0v) is 20.3. The molecule has 1 nitrogen and oxygen atoms in total. The van der Waals surface area contributed by atoms with E-state index in [9.17, 15) is 0 Å². The zero-order chi connectivity index (χ0) is 23.2. The molecule has 0 aliphatic carbocycles. The van der Waals surface area contributed by atoms with E-state index in [1.807, 2.05) is 0 Å². The first kappa shape index (κ1) is 21.5. The lowest BCUT2D eigenvalue weighted by molar-refractivity contribution is 0.522. The lowest BCUT2D eigenvalue weighted by Crippen LogP contribution is -2.20. The van der Waals surface area contributed by atoms with Gasteiger partial charge in [-0.1, -0.05) is 113 Å². The van der Waals surface area contributed by atoms with Crippen LogP contribution in [0.3, 0.4) is 0 Å². The second-order valence-electron chi connectivity index (χ2n) is 10.9. The largest absolute Gasteiger partial charge is 0.456 e. The molecule has 0 bridgehead atoms. The Labute approximate surface area is 197 Å². The van der Waals surface area contributed by atoms with E-state index >= 15 is 0 Å². The van der Waals surface area contributed by atoms with E-state index in [0.717, 1.165) is 17.6 Å². The number of hydrogen-bond donors (Lipinski definition) is 0. The van der Waals surface area contributed by atoms with Gasteiger partial charge in [0, 0.05) is 10.8 Å². The normalized spacial score (nSPS) is 12.5. The number of furan rings is 1. The van der Waals surface area contributed by atoms with Gasteiger partial charge in [0.15, 0.2) is 0 Å². The lowest BCUT2D eigenvalue weighted by atomic mass is 9.78. The molecule has 0 radical (unpaired) electrons. The van der Waals surface area contributed by atoms with E-state index in [1.54, 1.807) is 0 Å². The van der Waals surface area contributed by atoms with Crippen molar-refractivity contribution in [2.24, 2.45) is 0 Å². The van der Waals surface area contributed by atoms with Crippen LogP contribution >= 0.6 is 0 Å². The van der Waals surface area contributed by atoms with Crippen LogP contribution < -0.4 is 0 Å². The first-order valence-electron chi connectivity index (χ1n) is 11.8. The molecule has 1 aromatic heterocycles. The molecule has 0 aliphatic heterocycles. The van der Waals surface area contributed by atoms with Crippen molar-refractivity contribution in [2.45, 2.75) is 51.9 Å². The Morgan fingerprint density at radius 1 is 0.576 bits per heavy atom. The summed E-state index contributed by atoms with van der Waals surface area (Å²) in [6.07, 6.45) is 0.950. The van der Waals surface area contributed by atoms with Crippen molar-refractivity contribution in [2.75, 3.05) is 0 Å². The Kier molecular flexibility index (Phi) is 5.16. The van der Waals surface area contributed by atoms with E-state index in [4.69, 9.17) is 4.42 Å². The summed E-state index contributed by atoms with van der Waals surface area (Å²) in [5.41, 5.74) is 8.54. The van der Waals surface area contributed by atoms with Crippen LogP contribution in [0.1, 0.15) is 51.3 Å². The summed E-state index contributed by atoms with van der Waals surface area (Å²) >= 11 is 0. The van der Waals surface area contributed by atoms with Crippen molar-refractivity contribution in [1.82, 2.24) is 0 Å². The van der Waals surface area contributed by atoms with Gasteiger partial charge in [-0.25, -0.2) is 0 Å². The highest BCUT2D eigenvalue weighted by Gasteiger charge is 2.23. The van der Waals surface area contributed by atoms with Gasteiger partial charge in [0.2, 0.25) is 0 Å². The molecule has 33 heavy (non-hydrogen) atoms. The smallest absolute Gasteiger partial charge is 0.135 e. The van der Waals surface area contributed by atoms with Gasteiger partial charge >= 0.3 is 0 Å². The topological polar surface area (TPSA) is 13.1 Å². The maximum absolute atomic E-state index is 6.33. The van der Waals surface area contributed by atoms with E-state index in [2.05, 4.69) is 126 Å². The van der Waals surface area contributed by atoms with Crippen molar-refractivity contribution in [3.63, 3.8) is 0 Å². The molecule has 0 amide bonds. The second-order valence-corrected chi connectivity index (χ2v) is 10.9. The van der Waals surface area contributed by atoms with Gasteiger partial charge in [-0.3, -0.25) is 0 Å². The fourth-order valence-electron chi connectivity index (χ4n) is 4.76. The highest BCUT2D eigenvalue weighted by Crippen LogP contribution is 2.35. The van der Waals surface area contributed by atoms with Crippen LogP contribution in [0.2, 0.25) is 0 Å². The highest BCUT2D eigenvalue weighted by molar-refractivity contribution is 6.05. The molecule has 0 atom stereocenters. The minimum absolute atomic E-state index is 0.00386.